The SMILES string of the molecule is [2H]N[C@H](C(=O)N[C@@H](CCC(=O)O)C(N)=O)C(C)C. The van der Waals surface area contributed by atoms with Crippen LogP contribution < -0.4 is 16.8 Å². The molecule has 0 aliphatic carbocycles. The second-order valence-corrected chi connectivity index (χ2v) is 4.12. The topological polar surface area (TPSA) is 136 Å². The molecule has 17 heavy (non-hydrogen) atoms. The third-order valence-electron chi connectivity index (χ3n) is 2.26. The van der Waals surface area contributed by atoms with Crippen molar-refractivity contribution in [1.29, 1.82) is 0 Å². The summed E-state index contributed by atoms with van der Waals surface area (Å²) in [5, 5.41) is 10.9. The van der Waals surface area contributed by atoms with Gasteiger partial charge in [0, 0.05) is 6.42 Å². The molecule has 0 fully saturated rings. The van der Waals surface area contributed by atoms with Crippen LogP contribution in [0.25, 0.3) is 0 Å². The van der Waals surface area contributed by atoms with Crippen LogP contribution in [-0.2, 0) is 14.4 Å². The second-order valence-electron chi connectivity index (χ2n) is 4.12. The van der Waals surface area contributed by atoms with Crippen LogP contribution in [0.2, 0.25) is 1.41 Å². The van der Waals surface area contributed by atoms with Crippen LogP contribution in [0.1, 0.15) is 26.7 Å². The molecular weight excluding hydrogens is 226 g/mol. The molecule has 0 saturated heterocycles. The summed E-state index contributed by atoms with van der Waals surface area (Å²) < 4.78 is 7.02. The minimum Gasteiger partial charge on any atom is -0.481 e. The number of carboxylic acid groups (broad SMARTS) is 1. The fraction of sp³-hybridized carbons (Fsp3) is 0.700. The predicted octanol–water partition coefficient (Wildman–Crippen LogP) is -1.20. The monoisotopic (exact) mass is 246 g/mol. The van der Waals surface area contributed by atoms with Crippen molar-refractivity contribution in [2.75, 3.05) is 0 Å². The minimum atomic E-state index is -1.07. The Morgan fingerprint density at radius 3 is 2.35 bits per heavy atom. The number of aliphatic carboxylic acids is 1. The number of hydrogen-bond acceptors (Lipinski definition) is 4. The standard InChI is InChI=1S/C10H19N3O4/c1-5(2)8(11)10(17)13-6(9(12)16)3-4-7(14)15/h5-6,8H,3-4,11H2,1-2H3,(H2,12,16)(H,13,17)(H,14,15)/t6-,8-/m0/s1/i/hD. The van der Waals surface area contributed by atoms with Crippen LogP contribution >= 0.6 is 0 Å². The summed E-state index contributed by atoms with van der Waals surface area (Å²) in [6, 6.07) is -1.82. The zero-order valence-electron chi connectivity index (χ0n) is 10.9. The third kappa shape index (κ3) is 5.86. The van der Waals surface area contributed by atoms with E-state index in [-0.39, 0.29) is 18.8 Å². The molecule has 0 radical (unpaired) electrons. The van der Waals surface area contributed by atoms with E-state index in [1.165, 1.54) is 0 Å². The van der Waals surface area contributed by atoms with E-state index in [0.29, 0.717) is 0 Å². The Labute approximate surface area is 101 Å². The van der Waals surface area contributed by atoms with Crippen molar-refractivity contribution in [2.24, 2.45) is 17.4 Å². The molecule has 0 aromatic rings. The molecular formula is C10H19N3O4. The van der Waals surface area contributed by atoms with Crippen molar-refractivity contribution in [3.05, 3.63) is 0 Å². The van der Waals surface area contributed by atoms with Gasteiger partial charge in [0.2, 0.25) is 11.8 Å². The number of amides is 2. The van der Waals surface area contributed by atoms with E-state index in [0.717, 1.165) is 0 Å². The number of nitrogens with two attached hydrogens (primary N) is 2. The van der Waals surface area contributed by atoms with Crippen molar-refractivity contribution < 1.29 is 20.9 Å². The molecule has 2 atom stereocenters. The van der Waals surface area contributed by atoms with Crippen LogP contribution in [0.3, 0.4) is 0 Å². The lowest BCUT2D eigenvalue weighted by Crippen LogP contribution is -2.52. The number of rotatable bonds is 8. The molecule has 0 aromatic heterocycles. The van der Waals surface area contributed by atoms with Crippen LogP contribution in [0.15, 0.2) is 0 Å². The molecule has 2 amide bonds. The highest BCUT2D eigenvalue weighted by Gasteiger charge is 2.23. The number of nitrogens with one attached hydrogen (secondary N) is 1. The Morgan fingerprint density at radius 2 is 2.00 bits per heavy atom. The molecule has 0 aromatic carbocycles. The van der Waals surface area contributed by atoms with Crippen molar-refractivity contribution >= 4 is 17.8 Å². The Morgan fingerprint density at radius 1 is 1.41 bits per heavy atom. The first kappa shape index (κ1) is 13.4. The average molecular weight is 246 g/mol. The lowest BCUT2D eigenvalue weighted by Gasteiger charge is -2.19. The van der Waals surface area contributed by atoms with Crippen molar-refractivity contribution in [3.8, 4) is 0 Å². The molecule has 0 spiro atoms. The Kier molecular flexibility index (Phi) is 5.41. The van der Waals surface area contributed by atoms with Gasteiger partial charge in [-0.3, -0.25) is 14.4 Å². The van der Waals surface area contributed by atoms with E-state index in [1.807, 2.05) is 0 Å². The molecule has 0 aliphatic heterocycles. The summed E-state index contributed by atoms with van der Waals surface area (Å²) in [6.45, 7) is 3.48. The van der Waals surface area contributed by atoms with Gasteiger partial charge >= 0.3 is 5.97 Å². The summed E-state index contributed by atoms with van der Waals surface area (Å²) >= 11 is 0. The first-order valence-corrected chi connectivity index (χ1v) is 5.28. The molecule has 0 bridgehead atoms. The summed E-state index contributed by atoms with van der Waals surface area (Å²) in [6.07, 6.45) is -0.340. The van der Waals surface area contributed by atoms with Crippen LogP contribution in [0, 0.1) is 5.92 Å². The van der Waals surface area contributed by atoms with Gasteiger partial charge in [-0.2, -0.15) is 0 Å². The van der Waals surface area contributed by atoms with Gasteiger partial charge in [0.15, 0.2) is 0 Å². The Hall–Kier alpha value is -1.63. The van der Waals surface area contributed by atoms with E-state index in [1.54, 1.807) is 13.8 Å². The van der Waals surface area contributed by atoms with Crippen molar-refractivity contribution in [2.45, 2.75) is 38.8 Å². The smallest absolute Gasteiger partial charge is 0.303 e. The van der Waals surface area contributed by atoms with Gasteiger partial charge in [0.05, 0.1) is 6.04 Å². The van der Waals surface area contributed by atoms with Crippen LogP contribution in [0.5, 0.6) is 0 Å². The molecule has 0 rings (SSSR count). The highest BCUT2D eigenvalue weighted by molar-refractivity contribution is 5.89. The van der Waals surface area contributed by atoms with E-state index in [4.69, 9.17) is 12.3 Å². The fourth-order valence-corrected chi connectivity index (χ4v) is 1.12. The quantitative estimate of drug-likeness (QED) is 0.426. The van der Waals surface area contributed by atoms with E-state index >= 15 is 0 Å². The van der Waals surface area contributed by atoms with E-state index in [9.17, 15) is 14.4 Å². The zero-order valence-corrected chi connectivity index (χ0v) is 9.90. The molecule has 6 N–H and O–H groups in total. The Balaban J connectivity index is 4.53. The van der Waals surface area contributed by atoms with Gasteiger partial charge in [-0.25, -0.2) is 0 Å². The highest BCUT2D eigenvalue weighted by atomic mass is 16.4. The summed E-state index contributed by atoms with van der Waals surface area (Å²) in [5.41, 5.74) is 7.15. The average Bonchev–Trinajstić information content (AvgIpc) is 2.23. The normalized spacial score (nSPS) is 14.9. The van der Waals surface area contributed by atoms with E-state index < -0.39 is 29.9 Å². The number of carboxylic acids is 1. The number of primary amides is 1. The van der Waals surface area contributed by atoms with Crippen molar-refractivity contribution in [3.63, 3.8) is 0 Å². The van der Waals surface area contributed by atoms with Gasteiger partial charge in [-0.1, -0.05) is 13.8 Å². The highest BCUT2D eigenvalue weighted by Crippen LogP contribution is 2.01. The van der Waals surface area contributed by atoms with Gasteiger partial charge in [0.25, 0.3) is 0 Å². The predicted molar refractivity (Wildman–Crippen MR) is 60.8 cm³/mol. The van der Waals surface area contributed by atoms with Gasteiger partial charge in [-0.15, -0.1) is 0 Å². The Bertz CT molecular complexity index is 322. The first-order valence-electron chi connectivity index (χ1n) is 5.78. The van der Waals surface area contributed by atoms with Crippen molar-refractivity contribution in [1.82, 2.24) is 5.32 Å². The first-order chi connectivity index (χ1) is 8.29. The second kappa shape index (κ2) is 6.85. The maximum atomic E-state index is 11.7. The molecule has 0 unspecified atom stereocenters. The summed E-state index contributed by atoms with van der Waals surface area (Å²) in [7, 11) is 0. The molecule has 7 heteroatoms. The summed E-state index contributed by atoms with van der Waals surface area (Å²) in [4.78, 5) is 33.2. The molecule has 0 saturated carbocycles. The van der Waals surface area contributed by atoms with Gasteiger partial charge < -0.3 is 21.9 Å². The third-order valence-corrected chi connectivity index (χ3v) is 2.26. The van der Waals surface area contributed by atoms with Gasteiger partial charge in [0.1, 0.15) is 7.45 Å². The molecule has 7 nitrogen and oxygen atoms in total. The number of carbonyl (C=O) groups is 3. The van der Waals surface area contributed by atoms with E-state index in [2.05, 4.69) is 11.0 Å². The minimum absolute atomic E-state index is 0.0702. The summed E-state index contributed by atoms with van der Waals surface area (Å²) in [5.74, 6) is -2.56. The maximum absolute atomic E-state index is 11.7. The van der Waals surface area contributed by atoms with Gasteiger partial charge in [-0.05, 0) is 12.3 Å². The molecule has 98 valence electrons. The fourth-order valence-electron chi connectivity index (χ4n) is 1.12. The molecule has 0 aliphatic rings. The number of hydrogen-bond donors (Lipinski definition) is 4. The zero-order chi connectivity index (χ0) is 14.3. The lowest BCUT2D eigenvalue weighted by atomic mass is 10.0. The van der Waals surface area contributed by atoms with Crippen LogP contribution in [-0.4, -0.2) is 35.0 Å². The lowest BCUT2D eigenvalue weighted by molar-refractivity contribution is -0.137. The number of carbonyl (C=O) groups excluding carboxylic acids is 2. The maximum Gasteiger partial charge on any atom is 0.303 e. The molecule has 0 heterocycles. The largest absolute Gasteiger partial charge is 0.481 e. The van der Waals surface area contributed by atoms with Crippen LogP contribution in [0.4, 0.5) is 0 Å².